The minimum Gasteiger partial charge on any atom is -0.330 e. The van der Waals surface area contributed by atoms with Crippen LogP contribution in [0.1, 0.15) is 25.7 Å². The van der Waals surface area contributed by atoms with E-state index in [0.717, 1.165) is 12.8 Å². The highest BCUT2D eigenvalue weighted by molar-refractivity contribution is 7.86. The number of alkyl halides is 3. The molecule has 0 aromatic rings. The van der Waals surface area contributed by atoms with E-state index in [1.54, 1.807) is 0 Å². The third-order valence-electron chi connectivity index (χ3n) is 4.38. The van der Waals surface area contributed by atoms with Crippen molar-refractivity contribution in [3.63, 3.8) is 0 Å². The molecule has 1 atom stereocenters. The van der Waals surface area contributed by atoms with Gasteiger partial charge in [0.1, 0.15) is 0 Å². The van der Waals surface area contributed by atoms with E-state index in [-0.39, 0.29) is 31.8 Å². The molecule has 0 bridgehead atoms. The van der Waals surface area contributed by atoms with Crippen molar-refractivity contribution in [2.24, 2.45) is 17.6 Å². The van der Waals surface area contributed by atoms with Gasteiger partial charge in [-0.05, 0) is 38.1 Å². The van der Waals surface area contributed by atoms with Crippen molar-refractivity contribution >= 4 is 10.2 Å². The second-order valence-corrected chi connectivity index (χ2v) is 7.75. The van der Waals surface area contributed by atoms with Gasteiger partial charge in [-0.3, -0.25) is 0 Å². The van der Waals surface area contributed by atoms with E-state index in [1.165, 1.54) is 8.61 Å². The van der Waals surface area contributed by atoms with Gasteiger partial charge < -0.3 is 5.73 Å². The highest BCUT2D eigenvalue weighted by Gasteiger charge is 2.44. The van der Waals surface area contributed by atoms with E-state index in [2.05, 4.69) is 0 Å². The molecular formula is C12H22F3N3O2S. The SMILES string of the molecule is NCC1CCCN(S(=O)(=O)N2CCC(C(F)(F)F)CC2)C1. The van der Waals surface area contributed by atoms with Crippen LogP contribution in [0.25, 0.3) is 0 Å². The smallest absolute Gasteiger partial charge is 0.330 e. The summed E-state index contributed by atoms with van der Waals surface area (Å²) in [4.78, 5) is 0. The van der Waals surface area contributed by atoms with Crippen LogP contribution in [-0.4, -0.2) is 55.9 Å². The summed E-state index contributed by atoms with van der Waals surface area (Å²) in [5.74, 6) is -1.25. The number of nitrogens with zero attached hydrogens (tertiary/aromatic N) is 2. The summed E-state index contributed by atoms with van der Waals surface area (Å²) in [5, 5.41) is 0. The van der Waals surface area contributed by atoms with Crippen LogP contribution in [-0.2, 0) is 10.2 Å². The Hall–Kier alpha value is -0.380. The first-order valence-corrected chi connectivity index (χ1v) is 8.67. The number of nitrogens with two attached hydrogens (primary N) is 1. The van der Waals surface area contributed by atoms with E-state index in [9.17, 15) is 21.6 Å². The van der Waals surface area contributed by atoms with Crippen molar-refractivity contribution in [3.8, 4) is 0 Å². The van der Waals surface area contributed by atoms with E-state index < -0.39 is 22.3 Å². The Balaban J connectivity index is 1.98. The molecule has 2 aliphatic heterocycles. The zero-order valence-electron chi connectivity index (χ0n) is 11.8. The molecule has 0 radical (unpaired) electrons. The van der Waals surface area contributed by atoms with E-state index in [4.69, 9.17) is 5.73 Å². The van der Waals surface area contributed by atoms with Crippen molar-refractivity contribution in [3.05, 3.63) is 0 Å². The van der Waals surface area contributed by atoms with Gasteiger partial charge in [-0.2, -0.15) is 30.2 Å². The van der Waals surface area contributed by atoms with Crippen LogP contribution in [0.3, 0.4) is 0 Å². The molecule has 21 heavy (non-hydrogen) atoms. The number of hydrogen-bond donors (Lipinski definition) is 1. The second-order valence-electron chi connectivity index (χ2n) is 5.82. The van der Waals surface area contributed by atoms with Gasteiger partial charge in [0.15, 0.2) is 0 Å². The average molecular weight is 329 g/mol. The maximum absolute atomic E-state index is 12.6. The van der Waals surface area contributed by atoms with Gasteiger partial charge in [-0.15, -0.1) is 0 Å². The summed E-state index contributed by atoms with van der Waals surface area (Å²) in [6.07, 6.45) is -2.89. The number of hydrogen-bond acceptors (Lipinski definition) is 3. The molecule has 0 saturated carbocycles. The minimum atomic E-state index is -4.23. The summed E-state index contributed by atoms with van der Waals surface area (Å²) < 4.78 is 65.4. The Morgan fingerprint density at radius 2 is 1.67 bits per heavy atom. The molecule has 2 N–H and O–H groups in total. The third-order valence-corrected chi connectivity index (χ3v) is 6.39. The predicted molar refractivity (Wildman–Crippen MR) is 72.6 cm³/mol. The number of rotatable bonds is 3. The lowest BCUT2D eigenvalue weighted by Gasteiger charge is -2.38. The molecule has 0 aromatic heterocycles. The molecule has 2 aliphatic rings. The first kappa shape index (κ1) is 17.0. The Kier molecular flexibility index (Phi) is 5.17. The second kappa shape index (κ2) is 6.39. The van der Waals surface area contributed by atoms with Crippen LogP contribution < -0.4 is 5.73 Å². The van der Waals surface area contributed by atoms with Gasteiger partial charge in [-0.25, -0.2) is 0 Å². The minimum absolute atomic E-state index is 0.0592. The topological polar surface area (TPSA) is 66.6 Å². The fourth-order valence-corrected chi connectivity index (χ4v) is 4.76. The summed E-state index contributed by atoms with van der Waals surface area (Å²) in [6, 6.07) is 0. The summed E-state index contributed by atoms with van der Waals surface area (Å²) >= 11 is 0. The summed E-state index contributed by atoms with van der Waals surface area (Å²) in [6.45, 7) is 1.12. The zero-order valence-corrected chi connectivity index (χ0v) is 12.7. The van der Waals surface area contributed by atoms with Crippen molar-refractivity contribution < 1.29 is 21.6 Å². The van der Waals surface area contributed by atoms with Gasteiger partial charge in [0.25, 0.3) is 10.2 Å². The maximum atomic E-state index is 12.6. The van der Waals surface area contributed by atoms with E-state index in [0.29, 0.717) is 19.6 Å². The highest BCUT2D eigenvalue weighted by Crippen LogP contribution is 2.35. The predicted octanol–water partition coefficient (Wildman–Crippen LogP) is 1.18. The molecule has 2 heterocycles. The van der Waals surface area contributed by atoms with E-state index >= 15 is 0 Å². The highest BCUT2D eigenvalue weighted by atomic mass is 32.2. The fraction of sp³-hybridized carbons (Fsp3) is 1.00. The molecule has 1 unspecified atom stereocenters. The van der Waals surface area contributed by atoms with Crippen molar-refractivity contribution in [2.45, 2.75) is 31.9 Å². The Morgan fingerprint density at radius 1 is 1.05 bits per heavy atom. The fourth-order valence-electron chi connectivity index (χ4n) is 3.01. The van der Waals surface area contributed by atoms with Gasteiger partial charge in [-0.1, -0.05) is 0 Å². The lowest BCUT2D eigenvalue weighted by atomic mass is 9.98. The van der Waals surface area contributed by atoms with Crippen LogP contribution in [0.4, 0.5) is 13.2 Å². The van der Waals surface area contributed by atoms with Crippen LogP contribution >= 0.6 is 0 Å². The molecule has 0 aromatic carbocycles. The van der Waals surface area contributed by atoms with Gasteiger partial charge in [0.2, 0.25) is 0 Å². The quantitative estimate of drug-likeness (QED) is 0.845. The Morgan fingerprint density at radius 3 is 2.19 bits per heavy atom. The Bertz CT molecular complexity index is 447. The summed E-state index contributed by atoms with van der Waals surface area (Å²) in [5.41, 5.74) is 5.59. The largest absolute Gasteiger partial charge is 0.391 e. The molecule has 2 rings (SSSR count). The molecular weight excluding hydrogens is 307 g/mol. The lowest BCUT2D eigenvalue weighted by molar-refractivity contribution is -0.182. The molecule has 2 saturated heterocycles. The first-order chi connectivity index (χ1) is 9.75. The molecule has 0 amide bonds. The van der Waals surface area contributed by atoms with E-state index in [1.807, 2.05) is 0 Å². The van der Waals surface area contributed by atoms with Crippen LogP contribution in [0, 0.1) is 11.8 Å². The van der Waals surface area contributed by atoms with Crippen molar-refractivity contribution in [2.75, 3.05) is 32.7 Å². The van der Waals surface area contributed by atoms with Crippen LogP contribution in [0.2, 0.25) is 0 Å². The normalized spacial score (nSPS) is 27.9. The molecule has 0 aliphatic carbocycles. The molecule has 5 nitrogen and oxygen atoms in total. The first-order valence-electron chi connectivity index (χ1n) is 7.27. The molecule has 124 valence electrons. The average Bonchev–Trinajstić information content (AvgIpc) is 2.46. The van der Waals surface area contributed by atoms with Crippen molar-refractivity contribution in [1.82, 2.24) is 8.61 Å². The summed E-state index contributed by atoms with van der Waals surface area (Å²) in [7, 11) is -3.65. The number of halogens is 3. The van der Waals surface area contributed by atoms with Crippen LogP contribution in [0.15, 0.2) is 0 Å². The maximum Gasteiger partial charge on any atom is 0.391 e. The van der Waals surface area contributed by atoms with Crippen LogP contribution in [0.5, 0.6) is 0 Å². The lowest BCUT2D eigenvalue weighted by Crippen LogP contribution is -2.51. The van der Waals surface area contributed by atoms with Crippen molar-refractivity contribution in [1.29, 1.82) is 0 Å². The monoisotopic (exact) mass is 329 g/mol. The third kappa shape index (κ3) is 3.88. The van der Waals surface area contributed by atoms with Gasteiger partial charge in [0, 0.05) is 26.2 Å². The number of piperidine rings is 2. The van der Waals surface area contributed by atoms with Gasteiger partial charge >= 0.3 is 6.18 Å². The Labute approximate surface area is 123 Å². The molecule has 9 heteroatoms. The zero-order chi connectivity index (χ0) is 15.7. The van der Waals surface area contributed by atoms with Gasteiger partial charge in [0.05, 0.1) is 5.92 Å². The molecule has 2 fully saturated rings. The molecule has 0 spiro atoms. The standard InChI is InChI=1S/C12H22F3N3O2S/c13-12(14,15)11-3-6-17(7-4-11)21(19,20)18-5-1-2-10(8-16)9-18/h10-11H,1-9,16H2.